The molecular weight excluding hydrogens is 204 g/mol. The first kappa shape index (κ1) is 14.3. The molecule has 0 aromatic heterocycles. The zero-order valence-electron chi connectivity index (χ0n) is 8.67. The van der Waals surface area contributed by atoms with Crippen LogP contribution in [0.3, 0.4) is 0 Å². The first-order valence-electron chi connectivity index (χ1n) is 4.83. The van der Waals surface area contributed by atoms with Crippen molar-refractivity contribution in [1.82, 2.24) is 0 Å². The fraction of sp³-hybridized carbons (Fsp3) is 0.889. The summed E-state index contributed by atoms with van der Waals surface area (Å²) in [4.78, 5) is 10.9. The van der Waals surface area contributed by atoms with Gasteiger partial charge in [0.1, 0.15) is 24.9 Å². The molecule has 0 spiro atoms. The SMILES string of the molecule is CCCC(=O)OC[C@H](O)[C@@H](O)[C@H](O)CO. The van der Waals surface area contributed by atoms with Crippen LogP contribution in [0.25, 0.3) is 0 Å². The number of esters is 1. The first-order chi connectivity index (χ1) is 7.02. The molecule has 0 unspecified atom stereocenters. The van der Waals surface area contributed by atoms with E-state index < -0.39 is 37.5 Å². The Hall–Kier alpha value is -0.690. The maximum absolute atomic E-state index is 10.9. The normalized spacial score (nSPS) is 16.9. The molecule has 0 saturated carbocycles. The molecule has 0 amide bonds. The highest BCUT2D eigenvalue weighted by molar-refractivity contribution is 5.69. The van der Waals surface area contributed by atoms with Gasteiger partial charge in [-0.15, -0.1) is 0 Å². The second-order valence-corrected chi connectivity index (χ2v) is 3.24. The Labute approximate surface area is 88.1 Å². The van der Waals surface area contributed by atoms with E-state index in [1.54, 1.807) is 0 Å². The van der Waals surface area contributed by atoms with Gasteiger partial charge < -0.3 is 25.2 Å². The Morgan fingerprint density at radius 1 is 1.27 bits per heavy atom. The molecule has 0 fully saturated rings. The highest BCUT2D eigenvalue weighted by Gasteiger charge is 2.24. The molecule has 0 aliphatic heterocycles. The van der Waals surface area contributed by atoms with Crippen LogP contribution < -0.4 is 0 Å². The van der Waals surface area contributed by atoms with Crippen molar-refractivity contribution >= 4 is 5.97 Å². The number of aliphatic hydroxyl groups excluding tert-OH is 4. The Kier molecular flexibility index (Phi) is 7.23. The van der Waals surface area contributed by atoms with Crippen molar-refractivity contribution in [2.45, 2.75) is 38.1 Å². The molecule has 0 aliphatic rings. The Bertz CT molecular complexity index is 183. The summed E-state index contributed by atoms with van der Waals surface area (Å²) in [5.74, 6) is -0.470. The van der Waals surface area contributed by atoms with Gasteiger partial charge in [-0.2, -0.15) is 0 Å². The van der Waals surface area contributed by atoms with E-state index in [0.29, 0.717) is 6.42 Å². The van der Waals surface area contributed by atoms with E-state index in [-0.39, 0.29) is 6.42 Å². The predicted octanol–water partition coefficient (Wildman–Crippen LogP) is -1.60. The molecule has 0 aliphatic carbocycles. The summed E-state index contributed by atoms with van der Waals surface area (Å²) in [6, 6.07) is 0. The molecule has 0 bridgehead atoms. The van der Waals surface area contributed by atoms with Crippen molar-refractivity contribution in [2.24, 2.45) is 0 Å². The maximum atomic E-state index is 10.9. The van der Waals surface area contributed by atoms with Gasteiger partial charge in [0.25, 0.3) is 0 Å². The van der Waals surface area contributed by atoms with Gasteiger partial charge in [-0.05, 0) is 6.42 Å². The van der Waals surface area contributed by atoms with E-state index in [1.807, 2.05) is 6.92 Å². The van der Waals surface area contributed by atoms with Crippen LogP contribution in [0.5, 0.6) is 0 Å². The van der Waals surface area contributed by atoms with E-state index in [1.165, 1.54) is 0 Å². The standard InChI is InChI=1S/C9H18O6/c1-2-3-8(13)15-5-7(12)9(14)6(11)4-10/h6-7,9-12,14H,2-5H2,1H3/t6-,7+,9+/m1/s1. The molecule has 3 atom stereocenters. The first-order valence-corrected chi connectivity index (χ1v) is 4.83. The van der Waals surface area contributed by atoms with Gasteiger partial charge in [-0.3, -0.25) is 4.79 Å². The average Bonchev–Trinajstić information content (AvgIpc) is 2.24. The monoisotopic (exact) mass is 222 g/mol. The minimum absolute atomic E-state index is 0.241. The molecule has 15 heavy (non-hydrogen) atoms. The molecule has 0 rings (SSSR count). The predicted molar refractivity (Wildman–Crippen MR) is 51.0 cm³/mol. The lowest BCUT2D eigenvalue weighted by molar-refractivity contribution is -0.152. The highest BCUT2D eigenvalue weighted by atomic mass is 16.5. The van der Waals surface area contributed by atoms with Crippen LogP contribution in [0.15, 0.2) is 0 Å². The molecule has 90 valence electrons. The lowest BCUT2D eigenvalue weighted by atomic mass is 10.1. The van der Waals surface area contributed by atoms with E-state index in [2.05, 4.69) is 4.74 Å². The smallest absolute Gasteiger partial charge is 0.305 e. The van der Waals surface area contributed by atoms with Crippen LogP contribution >= 0.6 is 0 Å². The van der Waals surface area contributed by atoms with Gasteiger partial charge in [-0.25, -0.2) is 0 Å². The van der Waals surface area contributed by atoms with E-state index in [9.17, 15) is 15.0 Å². The molecule has 0 aromatic carbocycles. The van der Waals surface area contributed by atoms with Gasteiger partial charge in [0.15, 0.2) is 0 Å². The summed E-state index contributed by atoms with van der Waals surface area (Å²) in [5.41, 5.74) is 0. The average molecular weight is 222 g/mol. The van der Waals surface area contributed by atoms with Crippen LogP contribution in [0.2, 0.25) is 0 Å². The Balaban J connectivity index is 3.82. The molecule has 0 heterocycles. The number of aliphatic hydroxyl groups is 4. The van der Waals surface area contributed by atoms with Gasteiger partial charge in [0.05, 0.1) is 6.61 Å². The van der Waals surface area contributed by atoms with Crippen LogP contribution in [0.1, 0.15) is 19.8 Å². The van der Waals surface area contributed by atoms with Crippen molar-refractivity contribution in [3.05, 3.63) is 0 Å². The van der Waals surface area contributed by atoms with Gasteiger partial charge >= 0.3 is 5.97 Å². The lowest BCUT2D eigenvalue weighted by Gasteiger charge is -2.21. The third-order valence-corrected chi connectivity index (χ3v) is 1.84. The fourth-order valence-corrected chi connectivity index (χ4v) is 0.918. The van der Waals surface area contributed by atoms with Gasteiger partial charge in [0, 0.05) is 6.42 Å². The zero-order chi connectivity index (χ0) is 11.8. The summed E-state index contributed by atoms with van der Waals surface area (Å²) in [6.07, 6.45) is -3.48. The molecule has 6 heteroatoms. The summed E-state index contributed by atoms with van der Waals surface area (Å²) in [6.45, 7) is 0.750. The number of rotatable bonds is 7. The van der Waals surface area contributed by atoms with Crippen molar-refractivity contribution in [3.63, 3.8) is 0 Å². The minimum atomic E-state index is -1.52. The van der Waals surface area contributed by atoms with Crippen LogP contribution in [0.4, 0.5) is 0 Å². The quantitative estimate of drug-likeness (QED) is 0.387. The van der Waals surface area contributed by atoms with Crippen molar-refractivity contribution in [1.29, 1.82) is 0 Å². The lowest BCUT2D eigenvalue weighted by Crippen LogP contribution is -2.42. The molecule has 0 radical (unpaired) electrons. The second kappa shape index (κ2) is 7.58. The highest BCUT2D eigenvalue weighted by Crippen LogP contribution is 2.02. The number of hydrogen-bond acceptors (Lipinski definition) is 6. The summed E-state index contributed by atoms with van der Waals surface area (Å²) in [5, 5.41) is 35.9. The second-order valence-electron chi connectivity index (χ2n) is 3.24. The Morgan fingerprint density at radius 3 is 2.33 bits per heavy atom. The molecule has 6 nitrogen and oxygen atoms in total. The Morgan fingerprint density at radius 2 is 1.87 bits per heavy atom. The number of ether oxygens (including phenoxy) is 1. The van der Waals surface area contributed by atoms with Gasteiger partial charge in [-0.1, -0.05) is 6.92 Å². The van der Waals surface area contributed by atoms with Crippen LogP contribution in [0, 0.1) is 0 Å². The van der Waals surface area contributed by atoms with Crippen molar-refractivity contribution in [3.8, 4) is 0 Å². The topological polar surface area (TPSA) is 107 Å². The van der Waals surface area contributed by atoms with Gasteiger partial charge in [0.2, 0.25) is 0 Å². The largest absolute Gasteiger partial charge is 0.463 e. The van der Waals surface area contributed by atoms with E-state index in [4.69, 9.17) is 10.2 Å². The van der Waals surface area contributed by atoms with Crippen molar-refractivity contribution in [2.75, 3.05) is 13.2 Å². The fourth-order valence-electron chi connectivity index (χ4n) is 0.918. The third kappa shape index (κ3) is 5.68. The van der Waals surface area contributed by atoms with E-state index >= 15 is 0 Å². The van der Waals surface area contributed by atoms with Crippen molar-refractivity contribution < 1.29 is 30.0 Å². The zero-order valence-corrected chi connectivity index (χ0v) is 8.67. The molecule has 4 N–H and O–H groups in total. The van der Waals surface area contributed by atoms with Crippen LogP contribution in [-0.2, 0) is 9.53 Å². The molecule has 0 saturated heterocycles. The number of hydrogen-bond donors (Lipinski definition) is 4. The summed E-state index contributed by atoms with van der Waals surface area (Å²) in [7, 11) is 0. The van der Waals surface area contributed by atoms with E-state index in [0.717, 1.165) is 0 Å². The minimum Gasteiger partial charge on any atom is -0.463 e. The van der Waals surface area contributed by atoms with Crippen LogP contribution in [-0.4, -0.2) is 57.9 Å². The summed E-state index contributed by atoms with van der Waals surface area (Å²) >= 11 is 0. The number of carbonyl (C=O) groups is 1. The maximum Gasteiger partial charge on any atom is 0.305 e. The molecule has 0 aromatic rings. The molecular formula is C9H18O6. The number of carbonyl (C=O) groups excluding carboxylic acids is 1. The third-order valence-electron chi connectivity index (χ3n) is 1.84. The summed E-state index contributed by atoms with van der Waals surface area (Å²) < 4.78 is 4.62.